The molecule has 6 rings (SSSR count). The van der Waals surface area contributed by atoms with Gasteiger partial charge in [-0.25, -0.2) is 15.0 Å². The molecule has 0 saturated heterocycles. The van der Waals surface area contributed by atoms with Gasteiger partial charge in [-0.3, -0.25) is 9.20 Å². The first-order chi connectivity index (χ1) is 15.0. The van der Waals surface area contributed by atoms with Crippen LogP contribution in [0.25, 0.3) is 17.0 Å². The zero-order valence-corrected chi connectivity index (χ0v) is 18.1. The highest BCUT2D eigenvalue weighted by molar-refractivity contribution is 7.17. The number of thiazole rings is 1. The molecule has 1 aliphatic heterocycles. The molecule has 0 radical (unpaired) electrons. The van der Waals surface area contributed by atoms with Crippen LogP contribution in [0.3, 0.4) is 0 Å². The van der Waals surface area contributed by atoms with Gasteiger partial charge in [-0.05, 0) is 36.1 Å². The van der Waals surface area contributed by atoms with Gasteiger partial charge in [0.15, 0.2) is 10.9 Å². The van der Waals surface area contributed by atoms with E-state index in [1.165, 1.54) is 11.3 Å². The maximum Gasteiger partial charge on any atom is 0.234 e. The number of ether oxygens (including phenoxy) is 1. The Morgan fingerprint density at radius 1 is 1.19 bits per heavy atom. The van der Waals surface area contributed by atoms with E-state index in [9.17, 15) is 4.79 Å². The molecule has 0 bridgehead atoms. The molecule has 0 saturated carbocycles. The summed E-state index contributed by atoms with van der Waals surface area (Å²) in [7, 11) is 0. The number of Topliss-reactive ketones (excluding diaryl/α,β-unsaturated/α-hetero) is 1. The van der Waals surface area contributed by atoms with E-state index >= 15 is 0 Å². The normalized spacial score (nSPS) is 17.4. The van der Waals surface area contributed by atoms with Crippen molar-refractivity contribution in [2.24, 2.45) is 5.41 Å². The Hall–Kier alpha value is -3.26. The summed E-state index contributed by atoms with van der Waals surface area (Å²) in [5, 5.41) is 0.859. The third kappa shape index (κ3) is 3.01. The highest BCUT2D eigenvalue weighted by Gasteiger charge is 2.35. The molecule has 2 aliphatic rings. The summed E-state index contributed by atoms with van der Waals surface area (Å²) in [5.41, 5.74) is 3.83. The van der Waals surface area contributed by atoms with Crippen molar-refractivity contribution in [2.75, 3.05) is 18.1 Å². The maximum atomic E-state index is 12.7. The number of hydrogen-bond donors (Lipinski definition) is 0. The van der Waals surface area contributed by atoms with E-state index in [4.69, 9.17) is 9.72 Å². The van der Waals surface area contributed by atoms with Gasteiger partial charge < -0.3 is 9.64 Å². The lowest BCUT2D eigenvalue weighted by Crippen LogP contribution is -2.28. The highest BCUT2D eigenvalue weighted by atomic mass is 32.1. The number of nitrogens with zero attached hydrogens (tertiary/aromatic N) is 5. The van der Waals surface area contributed by atoms with Crippen molar-refractivity contribution in [2.45, 2.75) is 26.7 Å². The molecule has 156 valence electrons. The Bertz CT molecular complexity index is 1340. The van der Waals surface area contributed by atoms with Crippen LogP contribution in [0.4, 0.5) is 10.8 Å². The number of carbonyl (C=O) groups excluding carboxylic acids is 1. The zero-order chi connectivity index (χ0) is 21.2. The minimum absolute atomic E-state index is 0.0391. The molecular weight excluding hydrogens is 410 g/mol. The van der Waals surface area contributed by atoms with Gasteiger partial charge in [0, 0.05) is 24.4 Å². The molecule has 31 heavy (non-hydrogen) atoms. The van der Waals surface area contributed by atoms with Crippen molar-refractivity contribution in [1.82, 2.24) is 19.4 Å². The average Bonchev–Trinajstić information content (AvgIpc) is 3.36. The lowest BCUT2D eigenvalue weighted by molar-refractivity contribution is 0.0916. The first kappa shape index (κ1) is 18.5. The molecular formula is C23H21N5O2S. The Morgan fingerprint density at radius 3 is 3.00 bits per heavy atom. The number of aromatic nitrogens is 4. The van der Waals surface area contributed by atoms with Crippen LogP contribution in [-0.4, -0.2) is 38.3 Å². The second-order valence-corrected chi connectivity index (χ2v) is 9.81. The Morgan fingerprint density at radius 2 is 2.10 bits per heavy atom. The summed E-state index contributed by atoms with van der Waals surface area (Å²) in [5.74, 6) is 1.69. The number of carbonyl (C=O) groups is 1. The fourth-order valence-electron chi connectivity index (χ4n) is 4.44. The molecule has 1 aliphatic carbocycles. The first-order valence-electron chi connectivity index (χ1n) is 10.3. The first-order valence-corrected chi connectivity index (χ1v) is 11.2. The summed E-state index contributed by atoms with van der Waals surface area (Å²) < 4.78 is 7.90. The van der Waals surface area contributed by atoms with Crippen LogP contribution < -0.4 is 9.64 Å². The fourth-order valence-corrected chi connectivity index (χ4v) is 5.50. The lowest BCUT2D eigenvalue weighted by atomic mass is 9.78. The SMILES string of the molecule is CC1(C)CC(=O)c2sc(N3CCOc4ccc(-c5cnc6ncccn56)cc43)nc2C1. The number of hydrogen-bond acceptors (Lipinski definition) is 7. The van der Waals surface area contributed by atoms with Crippen molar-refractivity contribution >= 4 is 33.7 Å². The van der Waals surface area contributed by atoms with E-state index in [0.717, 1.165) is 44.8 Å². The lowest BCUT2D eigenvalue weighted by Gasteiger charge is -2.29. The van der Waals surface area contributed by atoms with Gasteiger partial charge >= 0.3 is 0 Å². The van der Waals surface area contributed by atoms with E-state index in [1.54, 1.807) is 6.20 Å². The van der Waals surface area contributed by atoms with Crippen molar-refractivity contribution < 1.29 is 9.53 Å². The molecule has 0 atom stereocenters. The predicted octanol–water partition coefficient (Wildman–Crippen LogP) is 4.54. The minimum atomic E-state index is -0.0391. The molecule has 4 heterocycles. The summed E-state index contributed by atoms with van der Waals surface area (Å²) >= 11 is 1.50. The van der Waals surface area contributed by atoms with Crippen LogP contribution in [0.5, 0.6) is 5.75 Å². The number of imidazole rings is 1. The largest absolute Gasteiger partial charge is 0.490 e. The van der Waals surface area contributed by atoms with E-state index in [1.807, 2.05) is 35.0 Å². The van der Waals surface area contributed by atoms with Gasteiger partial charge in [0.1, 0.15) is 12.4 Å². The number of rotatable bonds is 2. The average molecular weight is 432 g/mol. The quantitative estimate of drug-likeness (QED) is 0.464. The van der Waals surface area contributed by atoms with Gasteiger partial charge in [0.25, 0.3) is 0 Å². The molecule has 0 spiro atoms. The van der Waals surface area contributed by atoms with E-state index in [-0.39, 0.29) is 11.2 Å². The maximum absolute atomic E-state index is 12.7. The van der Waals surface area contributed by atoms with Gasteiger partial charge in [0.2, 0.25) is 5.78 Å². The second-order valence-electron chi connectivity index (χ2n) is 8.83. The number of fused-ring (bicyclic) bond motifs is 3. The second kappa shape index (κ2) is 6.62. The Balaban J connectivity index is 1.44. The number of anilines is 2. The van der Waals surface area contributed by atoms with E-state index < -0.39 is 0 Å². The summed E-state index contributed by atoms with van der Waals surface area (Å²) in [6.45, 7) is 5.53. The zero-order valence-electron chi connectivity index (χ0n) is 17.3. The van der Waals surface area contributed by atoms with Gasteiger partial charge in [-0.1, -0.05) is 25.2 Å². The molecule has 8 heteroatoms. The molecule has 7 nitrogen and oxygen atoms in total. The van der Waals surface area contributed by atoms with Gasteiger partial charge in [-0.15, -0.1) is 0 Å². The highest BCUT2D eigenvalue weighted by Crippen LogP contribution is 2.44. The standard InChI is InChI=1S/C23H21N5O2S/c1-23(2)11-15-20(18(29)12-23)31-22(26-15)28-8-9-30-19-5-4-14(10-16(19)28)17-13-25-21-24-6-3-7-27(17)21/h3-7,10,13H,8-9,11-12H2,1-2H3. The van der Waals surface area contributed by atoms with E-state index in [0.29, 0.717) is 25.4 Å². The molecule has 0 amide bonds. The molecule has 4 aromatic rings. The fraction of sp³-hybridized carbons (Fsp3) is 0.304. The van der Waals surface area contributed by atoms with Crippen LogP contribution >= 0.6 is 11.3 Å². The van der Waals surface area contributed by atoms with Crippen molar-refractivity contribution in [3.05, 3.63) is 53.4 Å². The number of ketones is 1. The third-order valence-corrected chi connectivity index (χ3v) is 7.02. The molecule has 3 aromatic heterocycles. The number of benzene rings is 1. The van der Waals surface area contributed by atoms with Crippen molar-refractivity contribution in [1.29, 1.82) is 0 Å². The Kier molecular flexibility index (Phi) is 3.95. The summed E-state index contributed by atoms with van der Waals surface area (Å²) in [6, 6.07) is 8.04. The minimum Gasteiger partial charge on any atom is -0.490 e. The molecule has 1 aromatic carbocycles. The van der Waals surface area contributed by atoms with E-state index in [2.05, 4.69) is 34.8 Å². The topological polar surface area (TPSA) is 72.6 Å². The molecule has 0 fully saturated rings. The predicted molar refractivity (Wildman–Crippen MR) is 119 cm³/mol. The monoisotopic (exact) mass is 431 g/mol. The van der Waals surface area contributed by atoms with Gasteiger partial charge in [0.05, 0.1) is 34.7 Å². The van der Waals surface area contributed by atoms with Crippen LogP contribution in [0, 0.1) is 5.41 Å². The van der Waals surface area contributed by atoms with Crippen LogP contribution in [0.15, 0.2) is 42.9 Å². The molecule has 0 unspecified atom stereocenters. The van der Waals surface area contributed by atoms with Crippen LogP contribution in [0.2, 0.25) is 0 Å². The summed E-state index contributed by atoms with van der Waals surface area (Å²) in [6.07, 6.45) is 6.94. The Labute approximate surface area is 183 Å². The summed E-state index contributed by atoms with van der Waals surface area (Å²) in [4.78, 5) is 29.3. The van der Waals surface area contributed by atoms with Crippen LogP contribution in [0.1, 0.15) is 35.6 Å². The van der Waals surface area contributed by atoms with Gasteiger partial charge in [-0.2, -0.15) is 0 Å². The van der Waals surface area contributed by atoms with Crippen molar-refractivity contribution in [3.8, 4) is 17.0 Å². The smallest absolute Gasteiger partial charge is 0.234 e. The third-order valence-electron chi connectivity index (χ3n) is 5.86. The van der Waals surface area contributed by atoms with Crippen molar-refractivity contribution in [3.63, 3.8) is 0 Å². The van der Waals surface area contributed by atoms with Crippen LogP contribution in [-0.2, 0) is 6.42 Å². The molecule has 0 N–H and O–H groups in total.